The van der Waals surface area contributed by atoms with Crippen LogP contribution in [0.25, 0.3) is 0 Å². The van der Waals surface area contributed by atoms with Crippen molar-refractivity contribution in [3.63, 3.8) is 0 Å². The van der Waals surface area contributed by atoms with E-state index < -0.39 is 5.82 Å². The number of benzene rings is 2. The summed E-state index contributed by atoms with van der Waals surface area (Å²) in [4.78, 5) is 29.6. The zero-order valence-electron chi connectivity index (χ0n) is 20.9. The number of hydrogen-bond acceptors (Lipinski definition) is 4. The van der Waals surface area contributed by atoms with Crippen LogP contribution < -0.4 is 10.2 Å². The molecule has 2 aromatic carbocycles. The van der Waals surface area contributed by atoms with E-state index in [-0.39, 0.29) is 23.3 Å². The third-order valence-electron chi connectivity index (χ3n) is 5.70. The van der Waals surface area contributed by atoms with Crippen LogP contribution in [0.15, 0.2) is 42.5 Å². The molecule has 1 fully saturated rings. The number of nitrogens with zero attached hydrogens (tertiary/aromatic N) is 2. The Morgan fingerprint density at radius 1 is 1.15 bits per heavy atom. The molecule has 0 bridgehead atoms. The van der Waals surface area contributed by atoms with Gasteiger partial charge in [-0.2, -0.15) is 0 Å². The molecule has 2 aromatic rings. The van der Waals surface area contributed by atoms with Gasteiger partial charge in [0, 0.05) is 57.2 Å². The van der Waals surface area contributed by atoms with Gasteiger partial charge in [-0.3, -0.25) is 9.59 Å². The van der Waals surface area contributed by atoms with E-state index in [1.165, 1.54) is 12.1 Å². The van der Waals surface area contributed by atoms with E-state index in [0.29, 0.717) is 37.4 Å². The minimum Gasteiger partial charge on any atom is -0.377 e. The number of amides is 2. The molecule has 6 nitrogen and oxygen atoms in total. The smallest absolute Gasteiger partial charge is 0.254 e. The summed E-state index contributed by atoms with van der Waals surface area (Å²) < 4.78 is 19.6. The van der Waals surface area contributed by atoms with E-state index >= 15 is 0 Å². The third-order valence-corrected chi connectivity index (χ3v) is 5.70. The fourth-order valence-corrected chi connectivity index (χ4v) is 4.18. The Bertz CT molecular complexity index is 1010. The molecular formula is C27H36FN3O3. The van der Waals surface area contributed by atoms with E-state index in [1.807, 2.05) is 58.0 Å². The highest BCUT2D eigenvalue weighted by Crippen LogP contribution is 2.27. The van der Waals surface area contributed by atoms with Gasteiger partial charge in [0.1, 0.15) is 5.82 Å². The zero-order chi connectivity index (χ0) is 24.9. The molecule has 0 saturated carbocycles. The summed E-state index contributed by atoms with van der Waals surface area (Å²) in [5.74, 6) is -0.745. The predicted octanol–water partition coefficient (Wildman–Crippen LogP) is 5.09. The maximum Gasteiger partial charge on any atom is 0.254 e. The molecule has 1 aliphatic heterocycles. The Kier molecular flexibility index (Phi) is 8.31. The maximum atomic E-state index is 13.8. The molecule has 1 atom stereocenters. The van der Waals surface area contributed by atoms with E-state index in [1.54, 1.807) is 17.0 Å². The Hall–Kier alpha value is -2.93. The molecule has 1 heterocycles. The topological polar surface area (TPSA) is 61.9 Å². The van der Waals surface area contributed by atoms with E-state index in [9.17, 15) is 14.0 Å². The van der Waals surface area contributed by atoms with Crippen molar-refractivity contribution in [1.82, 2.24) is 4.90 Å². The highest BCUT2D eigenvalue weighted by atomic mass is 19.1. The van der Waals surface area contributed by atoms with Crippen LogP contribution in [0.5, 0.6) is 0 Å². The molecule has 3 rings (SSSR count). The van der Waals surface area contributed by atoms with Crippen molar-refractivity contribution in [3.8, 4) is 0 Å². The molecule has 34 heavy (non-hydrogen) atoms. The maximum absolute atomic E-state index is 13.8. The van der Waals surface area contributed by atoms with E-state index in [0.717, 1.165) is 24.1 Å². The number of anilines is 2. The fraction of sp³-hybridized carbons (Fsp3) is 0.481. The Morgan fingerprint density at radius 3 is 2.53 bits per heavy atom. The molecule has 0 aromatic heterocycles. The number of carbonyl (C=O) groups excluding carboxylic acids is 2. The zero-order valence-corrected chi connectivity index (χ0v) is 20.9. The lowest BCUT2D eigenvalue weighted by atomic mass is 9.92. The van der Waals surface area contributed by atoms with E-state index in [2.05, 4.69) is 5.32 Å². The minimum absolute atomic E-state index is 0.0463. The van der Waals surface area contributed by atoms with Crippen LogP contribution in [0.3, 0.4) is 0 Å². The summed E-state index contributed by atoms with van der Waals surface area (Å²) in [5, 5.41) is 2.98. The second-order valence-electron chi connectivity index (χ2n) is 10.4. The first-order valence-electron chi connectivity index (χ1n) is 11.8. The first kappa shape index (κ1) is 25.7. The standard InChI is InChI=1S/C27H36FN3O3/c1-27(2,3)16-25(32)29-22-11-12-24(30(4)5)20(15-22)17-31(18-23-10-7-13-34-23)26(33)19-8-6-9-21(28)14-19/h6,8-9,11-12,14-15,23H,7,10,13,16-18H2,1-5H3,(H,29,32)/t23-/m0/s1. The van der Waals surface area contributed by atoms with Crippen molar-refractivity contribution in [2.45, 2.75) is 52.7 Å². The summed E-state index contributed by atoms with van der Waals surface area (Å²) in [6, 6.07) is 11.5. The van der Waals surface area contributed by atoms with Gasteiger partial charge in [0.25, 0.3) is 5.91 Å². The highest BCUT2D eigenvalue weighted by molar-refractivity contribution is 5.94. The van der Waals surface area contributed by atoms with Crippen LogP contribution in [-0.2, 0) is 16.1 Å². The van der Waals surface area contributed by atoms with Crippen molar-refractivity contribution in [1.29, 1.82) is 0 Å². The summed E-state index contributed by atoms with van der Waals surface area (Å²) in [5.41, 5.74) is 2.70. The van der Waals surface area contributed by atoms with Crippen LogP contribution in [0.2, 0.25) is 0 Å². The quantitative estimate of drug-likeness (QED) is 0.585. The third kappa shape index (κ3) is 7.29. The Morgan fingerprint density at radius 2 is 1.91 bits per heavy atom. The fourth-order valence-electron chi connectivity index (χ4n) is 4.18. The van der Waals surface area contributed by atoms with Crippen molar-refractivity contribution >= 4 is 23.2 Å². The van der Waals surface area contributed by atoms with Gasteiger partial charge in [0.2, 0.25) is 5.91 Å². The van der Waals surface area contributed by atoms with Gasteiger partial charge in [0.05, 0.1) is 6.10 Å². The van der Waals surface area contributed by atoms with Crippen LogP contribution in [0.1, 0.15) is 56.0 Å². The summed E-state index contributed by atoms with van der Waals surface area (Å²) in [7, 11) is 3.88. The number of rotatable bonds is 8. The average Bonchev–Trinajstić information content (AvgIpc) is 3.24. The second-order valence-corrected chi connectivity index (χ2v) is 10.4. The van der Waals surface area contributed by atoms with Crippen LogP contribution >= 0.6 is 0 Å². The van der Waals surface area contributed by atoms with E-state index in [4.69, 9.17) is 4.74 Å². The summed E-state index contributed by atoms with van der Waals surface area (Å²) in [6.07, 6.45) is 2.21. The van der Waals surface area contributed by atoms with Crippen molar-refractivity contribution < 1.29 is 18.7 Å². The molecule has 1 aliphatic rings. The first-order chi connectivity index (χ1) is 16.0. The van der Waals surface area contributed by atoms with Crippen LogP contribution in [0.4, 0.5) is 15.8 Å². The Balaban J connectivity index is 1.89. The van der Waals surface area contributed by atoms with Gasteiger partial charge >= 0.3 is 0 Å². The van der Waals surface area contributed by atoms with Gasteiger partial charge in [-0.25, -0.2) is 4.39 Å². The monoisotopic (exact) mass is 469 g/mol. The molecule has 7 heteroatoms. The number of halogens is 1. The van der Waals surface area contributed by atoms with Gasteiger partial charge in [-0.05, 0) is 60.2 Å². The van der Waals surface area contributed by atoms with Crippen LogP contribution in [0, 0.1) is 11.2 Å². The van der Waals surface area contributed by atoms with Gasteiger partial charge in [0.15, 0.2) is 0 Å². The second kappa shape index (κ2) is 11.0. The lowest BCUT2D eigenvalue weighted by Crippen LogP contribution is -2.37. The highest BCUT2D eigenvalue weighted by Gasteiger charge is 2.25. The number of hydrogen-bond donors (Lipinski definition) is 1. The molecular weight excluding hydrogens is 433 g/mol. The van der Waals surface area contributed by atoms with Gasteiger partial charge in [-0.1, -0.05) is 26.8 Å². The molecule has 1 saturated heterocycles. The SMILES string of the molecule is CN(C)c1ccc(NC(=O)CC(C)(C)C)cc1CN(C[C@@H]1CCCO1)C(=O)c1cccc(F)c1. The molecule has 0 spiro atoms. The predicted molar refractivity (Wildman–Crippen MR) is 134 cm³/mol. The number of carbonyl (C=O) groups is 2. The number of nitrogens with one attached hydrogen (secondary N) is 1. The molecule has 1 N–H and O–H groups in total. The largest absolute Gasteiger partial charge is 0.377 e. The molecule has 0 radical (unpaired) electrons. The normalized spacial score (nSPS) is 15.8. The number of ether oxygens (including phenoxy) is 1. The van der Waals surface area contributed by atoms with Crippen molar-refractivity contribution in [3.05, 3.63) is 59.4 Å². The van der Waals surface area contributed by atoms with Gasteiger partial charge < -0.3 is 19.9 Å². The average molecular weight is 470 g/mol. The van der Waals surface area contributed by atoms with Crippen molar-refractivity contribution in [2.75, 3.05) is 37.5 Å². The molecule has 2 amide bonds. The van der Waals surface area contributed by atoms with Gasteiger partial charge in [-0.15, -0.1) is 0 Å². The Labute approximate surface area is 202 Å². The van der Waals surface area contributed by atoms with Crippen LogP contribution in [-0.4, -0.2) is 50.1 Å². The van der Waals surface area contributed by atoms with Crippen molar-refractivity contribution in [2.24, 2.45) is 5.41 Å². The summed E-state index contributed by atoms with van der Waals surface area (Å²) >= 11 is 0. The molecule has 184 valence electrons. The lowest BCUT2D eigenvalue weighted by molar-refractivity contribution is -0.117. The first-order valence-corrected chi connectivity index (χ1v) is 11.8. The minimum atomic E-state index is -0.444. The summed E-state index contributed by atoms with van der Waals surface area (Å²) in [6.45, 7) is 7.48. The molecule has 0 aliphatic carbocycles. The lowest BCUT2D eigenvalue weighted by Gasteiger charge is -2.28. The molecule has 0 unspecified atom stereocenters.